The SMILES string of the molecule is CC(NC(=O)C(CS)NC(=O)C(CCCN=C(N)N)NC(=O)C1CCCN1)C(=O)O. The lowest BCUT2D eigenvalue weighted by Crippen LogP contribution is -2.57. The minimum absolute atomic E-state index is 0.0528. The van der Waals surface area contributed by atoms with E-state index >= 15 is 0 Å². The summed E-state index contributed by atoms with van der Waals surface area (Å²) in [6.45, 7) is 2.30. The largest absolute Gasteiger partial charge is 0.480 e. The molecule has 1 aliphatic heterocycles. The van der Waals surface area contributed by atoms with Gasteiger partial charge in [-0.25, -0.2) is 0 Å². The van der Waals surface area contributed by atoms with Gasteiger partial charge >= 0.3 is 5.97 Å². The summed E-state index contributed by atoms with van der Waals surface area (Å²) in [5, 5.41) is 19.5. The Balaban J connectivity index is 2.76. The van der Waals surface area contributed by atoms with Crippen molar-refractivity contribution in [3.05, 3.63) is 0 Å². The van der Waals surface area contributed by atoms with Gasteiger partial charge in [0.05, 0.1) is 6.04 Å². The predicted molar refractivity (Wildman–Crippen MR) is 114 cm³/mol. The highest BCUT2D eigenvalue weighted by molar-refractivity contribution is 7.80. The van der Waals surface area contributed by atoms with Crippen molar-refractivity contribution in [2.75, 3.05) is 18.8 Å². The normalized spacial score (nSPS) is 18.5. The van der Waals surface area contributed by atoms with E-state index in [1.165, 1.54) is 6.92 Å². The Hall–Kier alpha value is -2.54. The molecule has 13 heteroatoms. The highest BCUT2D eigenvalue weighted by atomic mass is 32.1. The van der Waals surface area contributed by atoms with E-state index in [1.807, 2.05) is 0 Å². The van der Waals surface area contributed by atoms with Crippen LogP contribution >= 0.6 is 12.6 Å². The topological polar surface area (TPSA) is 201 Å². The van der Waals surface area contributed by atoms with Gasteiger partial charge in [-0.3, -0.25) is 24.2 Å². The van der Waals surface area contributed by atoms with E-state index in [1.54, 1.807) is 0 Å². The summed E-state index contributed by atoms with van der Waals surface area (Å²) in [6, 6.07) is -3.48. The van der Waals surface area contributed by atoms with Crippen LogP contribution in [-0.4, -0.2) is 77.8 Å². The average Bonchev–Trinajstić information content (AvgIpc) is 3.22. The fourth-order valence-electron chi connectivity index (χ4n) is 2.80. The van der Waals surface area contributed by atoms with Crippen molar-refractivity contribution in [2.24, 2.45) is 16.5 Å². The highest BCUT2D eigenvalue weighted by Crippen LogP contribution is 2.07. The second-order valence-corrected chi connectivity index (χ2v) is 7.34. The molecule has 30 heavy (non-hydrogen) atoms. The third kappa shape index (κ3) is 8.86. The van der Waals surface area contributed by atoms with E-state index in [0.29, 0.717) is 12.8 Å². The molecule has 0 aromatic heterocycles. The lowest BCUT2D eigenvalue weighted by Gasteiger charge is -2.24. The van der Waals surface area contributed by atoms with Crippen LogP contribution in [0.5, 0.6) is 0 Å². The monoisotopic (exact) mass is 445 g/mol. The molecule has 0 saturated carbocycles. The number of hydrogen-bond donors (Lipinski definition) is 8. The van der Waals surface area contributed by atoms with Crippen LogP contribution in [-0.2, 0) is 19.2 Å². The molecule has 4 atom stereocenters. The number of nitrogens with one attached hydrogen (secondary N) is 4. The minimum Gasteiger partial charge on any atom is -0.480 e. The molecule has 9 N–H and O–H groups in total. The number of aliphatic carboxylic acids is 1. The van der Waals surface area contributed by atoms with E-state index in [2.05, 4.69) is 38.9 Å². The Labute approximate surface area is 180 Å². The number of rotatable bonds is 12. The number of hydrogen-bond acceptors (Lipinski definition) is 7. The number of nitrogens with two attached hydrogens (primary N) is 2. The van der Waals surface area contributed by atoms with Crippen molar-refractivity contribution in [1.29, 1.82) is 0 Å². The van der Waals surface area contributed by atoms with Gasteiger partial charge in [-0.1, -0.05) is 0 Å². The summed E-state index contributed by atoms with van der Waals surface area (Å²) in [7, 11) is 0. The smallest absolute Gasteiger partial charge is 0.325 e. The predicted octanol–water partition coefficient (Wildman–Crippen LogP) is -2.72. The first kappa shape index (κ1) is 25.5. The van der Waals surface area contributed by atoms with E-state index < -0.39 is 35.9 Å². The molecule has 0 aromatic carbocycles. The molecule has 1 aliphatic rings. The molecule has 1 heterocycles. The standard InChI is InChI=1S/C17H31N7O5S/c1-9(16(28)29)22-15(27)12(8-30)24-14(26)11(5-3-7-21-17(18)19)23-13(25)10-4-2-6-20-10/h9-12,20,30H,2-8H2,1H3,(H,22,27)(H,23,25)(H,24,26)(H,28,29)(H4,18,19,21). The molecular formula is C17H31N7O5S. The third-order valence-corrected chi connectivity index (χ3v) is 4.86. The maximum Gasteiger partial charge on any atom is 0.325 e. The van der Waals surface area contributed by atoms with Gasteiger partial charge in [-0.15, -0.1) is 0 Å². The van der Waals surface area contributed by atoms with Gasteiger partial charge in [0.25, 0.3) is 0 Å². The number of aliphatic imine (C=N–C) groups is 1. The van der Waals surface area contributed by atoms with E-state index in [9.17, 15) is 19.2 Å². The van der Waals surface area contributed by atoms with Crippen LogP contribution in [0.15, 0.2) is 4.99 Å². The van der Waals surface area contributed by atoms with Crippen LogP contribution in [0.25, 0.3) is 0 Å². The molecule has 1 saturated heterocycles. The summed E-state index contributed by atoms with van der Waals surface area (Å²) < 4.78 is 0. The van der Waals surface area contributed by atoms with E-state index in [-0.39, 0.29) is 36.6 Å². The van der Waals surface area contributed by atoms with Gasteiger partial charge in [-0.2, -0.15) is 12.6 Å². The summed E-state index contributed by atoms with van der Waals surface area (Å²) in [6.07, 6.45) is 2.20. The second kappa shape index (κ2) is 12.9. The Bertz CT molecular complexity index is 650. The fourth-order valence-corrected chi connectivity index (χ4v) is 3.05. The van der Waals surface area contributed by atoms with Crippen LogP contribution in [0.2, 0.25) is 0 Å². The number of carboxylic acid groups (broad SMARTS) is 1. The van der Waals surface area contributed by atoms with Gasteiger partial charge in [0.2, 0.25) is 17.7 Å². The third-order valence-electron chi connectivity index (χ3n) is 4.50. The van der Waals surface area contributed by atoms with Gasteiger partial charge < -0.3 is 37.8 Å². The van der Waals surface area contributed by atoms with Crippen LogP contribution < -0.4 is 32.7 Å². The molecule has 0 aromatic rings. The minimum atomic E-state index is -1.21. The Morgan fingerprint density at radius 2 is 1.83 bits per heavy atom. The summed E-state index contributed by atoms with van der Waals surface area (Å²) in [5.74, 6) is -2.90. The molecular weight excluding hydrogens is 414 g/mol. The van der Waals surface area contributed by atoms with Gasteiger partial charge in [-0.05, 0) is 39.2 Å². The number of carbonyl (C=O) groups excluding carboxylic acids is 3. The lowest BCUT2D eigenvalue weighted by molar-refractivity contribution is -0.141. The van der Waals surface area contributed by atoms with Gasteiger partial charge in [0.1, 0.15) is 18.1 Å². The second-order valence-electron chi connectivity index (χ2n) is 6.97. The van der Waals surface area contributed by atoms with E-state index in [4.69, 9.17) is 16.6 Å². The van der Waals surface area contributed by atoms with Crippen LogP contribution in [0.4, 0.5) is 0 Å². The quantitative estimate of drug-likeness (QED) is 0.0685. The highest BCUT2D eigenvalue weighted by Gasteiger charge is 2.30. The average molecular weight is 446 g/mol. The molecule has 1 rings (SSSR count). The van der Waals surface area contributed by atoms with Gasteiger partial charge in [0, 0.05) is 12.3 Å². The number of carbonyl (C=O) groups is 4. The Morgan fingerprint density at radius 1 is 1.17 bits per heavy atom. The number of nitrogens with zero attached hydrogens (tertiary/aromatic N) is 1. The number of guanidine groups is 1. The molecule has 0 aliphatic carbocycles. The first-order valence-corrected chi connectivity index (χ1v) is 10.3. The molecule has 170 valence electrons. The van der Waals surface area contributed by atoms with Crippen molar-refractivity contribution in [3.63, 3.8) is 0 Å². The van der Waals surface area contributed by atoms with Crippen molar-refractivity contribution in [2.45, 2.75) is 56.8 Å². The number of amides is 3. The first-order valence-electron chi connectivity index (χ1n) is 9.69. The molecule has 1 fully saturated rings. The zero-order chi connectivity index (χ0) is 22.7. The first-order chi connectivity index (χ1) is 14.1. The maximum atomic E-state index is 12.8. The molecule has 0 radical (unpaired) electrons. The lowest BCUT2D eigenvalue weighted by atomic mass is 10.1. The van der Waals surface area contributed by atoms with Crippen molar-refractivity contribution < 1.29 is 24.3 Å². The molecule has 12 nitrogen and oxygen atoms in total. The zero-order valence-electron chi connectivity index (χ0n) is 16.9. The molecule has 3 amide bonds. The van der Waals surface area contributed by atoms with Crippen LogP contribution in [0.3, 0.4) is 0 Å². The molecule has 0 bridgehead atoms. The Morgan fingerprint density at radius 3 is 2.37 bits per heavy atom. The summed E-state index contributed by atoms with van der Waals surface area (Å²) in [5.41, 5.74) is 10.6. The zero-order valence-corrected chi connectivity index (χ0v) is 17.8. The van der Waals surface area contributed by atoms with Crippen LogP contribution in [0.1, 0.15) is 32.6 Å². The van der Waals surface area contributed by atoms with Crippen molar-refractivity contribution in [3.8, 4) is 0 Å². The fraction of sp³-hybridized carbons (Fsp3) is 0.706. The maximum absolute atomic E-state index is 12.8. The van der Waals surface area contributed by atoms with Crippen LogP contribution in [0, 0.1) is 0 Å². The van der Waals surface area contributed by atoms with E-state index in [0.717, 1.165) is 13.0 Å². The summed E-state index contributed by atoms with van der Waals surface area (Å²) in [4.78, 5) is 52.2. The van der Waals surface area contributed by atoms with Crippen molar-refractivity contribution in [1.82, 2.24) is 21.3 Å². The molecule has 4 unspecified atom stereocenters. The molecule has 0 spiro atoms. The summed E-state index contributed by atoms with van der Waals surface area (Å²) >= 11 is 4.06. The van der Waals surface area contributed by atoms with Gasteiger partial charge in [0.15, 0.2) is 5.96 Å². The Kier molecular flexibility index (Phi) is 11.0. The number of thiol groups is 1. The van der Waals surface area contributed by atoms with Crippen molar-refractivity contribution >= 4 is 42.3 Å². The number of carboxylic acids is 1.